The fraction of sp³-hybridized carbons (Fsp3) is 0.167. The molecule has 0 unspecified atom stereocenters. The lowest BCUT2D eigenvalue weighted by molar-refractivity contribution is -0.122. The van der Waals surface area contributed by atoms with Crippen LogP contribution in [0, 0.1) is 6.92 Å². The fourth-order valence-corrected chi connectivity index (χ4v) is 2.18. The summed E-state index contributed by atoms with van der Waals surface area (Å²) in [4.78, 5) is 16.4. The Balaban J connectivity index is 1.65. The number of benzene rings is 1. The topological polar surface area (TPSA) is 69.0 Å². The second kappa shape index (κ2) is 6.95. The number of para-hydroxylation sites is 1. The third kappa shape index (κ3) is 3.60. The van der Waals surface area contributed by atoms with Crippen molar-refractivity contribution in [2.45, 2.75) is 20.0 Å². The Morgan fingerprint density at radius 1 is 1.17 bits per heavy atom. The third-order valence-electron chi connectivity index (χ3n) is 3.52. The standard InChI is InChI=1S/C18H18N4O2/c1-13-16(9-6-11-19-13)20-18(23)14(2)24-17-10-12-22(21-17)15-7-4-3-5-8-15/h3-12,14H,1-2H3,(H,20,23)/t14-/m0/s1. The fourth-order valence-electron chi connectivity index (χ4n) is 2.18. The van der Waals surface area contributed by atoms with Gasteiger partial charge in [-0.2, -0.15) is 0 Å². The lowest BCUT2D eigenvalue weighted by Crippen LogP contribution is -2.30. The number of hydrogen-bond donors (Lipinski definition) is 1. The Kier molecular flexibility index (Phi) is 4.56. The Morgan fingerprint density at radius 2 is 1.96 bits per heavy atom. The molecule has 0 aliphatic carbocycles. The number of carbonyl (C=O) groups excluding carboxylic acids is 1. The van der Waals surface area contributed by atoms with Crippen LogP contribution in [0.5, 0.6) is 5.88 Å². The minimum atomic E-state index is -0.677. The maximum absolute atomic E-state index is 12.2. The Morgan fingerprint density at radius 3 is 2.71 bits per heavy atom. The summed E-state index contributed by atoms with van der Waals surface area (Å²) in [5.41, 5.74) is 2.36. The van der Waals surface area contributed by atoms with E-state index in [-0.39, 0.29) is 5.91 Å². The quantitative estimate of drug-likeness (QED) is 0.784. The van der Waals surface area contributed by atoms with Crippen LogP contribution in [-0.4, -0.2) is 26.8 Å². The highest BCUT2D eigenvalue weighted by atomic mass is 16.5. The average molecular weight is 322 g/mol. The van der Waals surface area contributed by atoms with Gasteiger partial charge in [-0.1, -0.05) is 18.2 Å². The lowest BCUT2D eigenvalue weighted by Gasteiger charge is -2.13. The normalized spacial score (nSPS) is 11.8. The van der Waals surface area contributed by atoms with Crippen LogP contribution in [0.2, 0.25) is 0 Å². The van der Waals surface area contributed by atoms with E-state index >= 15 is 0 Å². The van der Waals surface area contributed by atoms with Crippen molar-refractivity contribution >= 4 is 11.6 Å². The number of aryl methyl sites for hydroxylation is 1. The first kappa shape index (κ1) is 15.7. The molecular weight excluding hydrogens is 304 g/mol. The highest BCUT2D eigenvalue weighted by molar-refractivity contribution is 5.94. The summed E-state index contributed by atoms with van der Waals surface area (Å²) in [6, 6.07) is 15.0. The first-order valence-electron chi connectivity index (χ1n) is 7.64. The summed E-state index contributed by atoms with van der Waals surface area (Å²) in [6.07, 6.45) is 2.80. The van der Waals surface area contributed by atoms with E-state index in [1.54, 1.807) is 42.2 Å². The minimum absolute atomic E-state index is 0.250. The van der Waals surface area contributed by atoms with Crippen LogP contribution in [0.3, 0.4) is 0 Å². The van der Waals surface area contributed by atoms with Crippen molar-refractivity contribution in [1.29, 1.82) is 0 Å². The molecule has 0 aliphatic heterocycles. The summed E-state index contributed by atoms with van der Waals surface area (Å²) < 4.78 is 7.33. The molecule has 0 aliphatic rings. The number of nitrogens with zero attached hydrogens (tertiary/aromatic N) is 3. The molecule has 3 aromatic rings. The first-order valence-corrected chi connectivity index (χ1v) is 7.64. The van der Waals surface area contributed by atoms with Crippen LogP contribution < -0.4 is 10.1 Å². The monoisotopic (exact) mass is 322 g/mol. The van der Waals surface area contributed by atoms with Crippen LogP contribution in [0.4, 0.5) is 5.69 Å². The van der Waals surface area contributed by atoms with E-state index in [9.17, 15) is 4.79 Å². The molecule has 0 bridgehead atoms. The van der Waals surface area contributed by atoms with Gasteiger partial charge in [-0.3, -0.25) is 9.78 Å². The molecule has 0 saturated heterocycles. The van der Waals surface area contributed by atoms with Crippen molar-refractivity contribution in [3.8, 4) is 11.6 Å². The Hall–Kier alpha value is -3.15. The molecule has 0 radical (unpaired) electrons. The molecule has 0 spiro atoms. The molecule has 1 amide bonds. The van der Waals surface area contributed by atoms with Crippen LogP contribution >= 0.6 is 0 Å². The van der Waals surface area contributed by atoms with E-state index in [0.29, 0.717) is 11.6 Å². The summed E-state index contributed by atoms with van der Waals surface area (Å²) >= 11 is 0. The van der Waals surface area contributed by atoms with Crippen molar-refractivity contribution in [2.24, 2.45) is 0 Å². The molecule has 2 heterocycles. The summed E-state index contributed by atoms with van der Waals surface area (Å²) in [5, 5.41) is 7.14. The highest BCUT2D eigenvalue weighted by Gasteiger charge is 2.17. The van der Waals surface area contributed by atoms with E-state index in [0.717, 1.165) is 11.4 Å². The van der Waals surface area contributed by atoms with Gasteiger partial charge in [0.2, 0.25) is 5.88 Å². The van der Waals surface area contributed by atoms with Crippen molar-refractivity contribution in [3.05, 3.63) is 66.6 Å². The number of amides is 1. The second-order valence-electron chi connectivity index (χ2n) is 5.32. The van der Waals surface area contributed by atoms with E-state index in [1.807, 2.05) is 37.3 Å². The van der Waals surface area contributed by atoms with Gasteiger partial charge in [0.05, 0.1) is 17.1 Å². The average Bonchev–Trinajstić information content (AvgIpc) is 3.06. The molecule has 0 fully saturated rings. The van der Waals surface area contributed by atoms with Gasteiger partial charge < -0.3 is 10.1 Å². The van der Waals surface area contributed by atoms with E-state index < -0.39 is 6.10 Å². The number of pyridine rings is 1. The SMILES string of the molecule is Cc1ncccc1NC(=O)[C@H](C)Oc1ccn(-c2ccccc2)n1. The van der Waals surface area contributed by atoms with Crippen molar-refractivity contribution < 1.29 is 9.53 Å². The number of carbonyl (C=O) groups is 1. The summed E-state index contributed by atoms with van der Waals surface area (Å²) in [6.45, 7) is 3.52. The number of ether oxygens (including phenoxy) is 1. The van der Waals surface area contributed by atoms with Gasteiger partial charge in [-0.05, 0) is 38.1 Å². The van der Waals surface area contributed by atoms with Gasteiger partial charge in [-0.25, -0.2) is 4.68 Å². The van der Waals surface area contributed by atoms with Crippen molar-refractivity contribution in [3.63, 3.8) is 0 Å². The second-order valence-corrected chi connectivity index (χ2v) is 5.32. The van der Waals surface area contributed by atoms with Crippen LogP contribution in [0.15, 0.2) is 60.9 Å². The van der Waals surface area contributed by atoms with Crippen molar-refractivity contribution in [1.82, 2.24) is 14.8 Å². The molecular formula is C18H18N4O2. The largest absolute Gasteiger partial charge is 0.463 e. The molecule has 24 heavy (non-hydrogen) atoms. The summed E-state index contributed by atoms with van der Waals surface area (Å²) in [7, 11) is 0. The highest BCUT2D eigenvalue weighted by Crippen LogP contribution is 2.15. The number of hydrogen-bond acceptors (Lipinski definition) is 4. The maximum atomic E-state index is 12.2. The van der Waals surface area contributed by atoms with Gasteiger partial charge in [0.15, 0.2) is 6.10 Å². The Labute approximate surface area is 140 Å². The van der Waals surface area contributed by atoms with Gasteiger partial charge in [0.25, 0.3) is 5.91 Å². The van der Waals surface area contributed by atoms with E-state index in [1.165, 1.54) is 0 Å². The molecule has 6 nitrogen and oxygen atoms in total. The molecule has 1 N–H and O–H groups in total. The molecule has 122 valence electrons. The smallest absolute Gasteiger partial charge is 0.265 e. The van der Waals surface area contributed by atoms with Gasteiger partial charge in [0.1, 0.15) is 0 Å². The zero-order valence-corrected chi connectivity index (χ0v) is 13.5. The third-order valence-corrected chi connectivity index (χ3v) is 3.52. The van der Waals surface area contributed by atoms with E-state index in [2.05, 4.69) is 15.4 Å². The zero-order chi connectivity index (χ0) is 16.9. The minimum Gasteiger partial charge on any atom is -0.463 e. The summed E-state index contributed by atoms with van der Waals surface area (Å²) in [5.74, 6) is 0.143. The number of nitrogens with one attached hydrogen (secondary N) is 1. The zero-order valence-electron chi connectivity index (χ0n) is 13.5. The number of rotatable bonds is 5. The molecule has 2 aromatic heterocycles. The predicted octanol–water partition coefficient (Wildman–Crippen LogP) is 2.98. The molecule has 1 atom stereocenters. The molecule has 6 heteroatoms. The van der Waals surface area contributed by atoms with Gasteiger partial charge in [0, 0.05) is 18.5 Å². The lowest BCUT2D eigenvalue weighted by atomic mass is 10.3. The van der Waals surface area contributed by atoms with Crippen LogP contribution in [0.1, 0.15) is 12.6 Å². The van der Waals surface area contributed by atoms with Crippen molar-refractivity contribution in [2.75, 3.05) is 5.32 Å². The predicted molar refractivity (Wildman–Crippen MR) is 91.3 cm³/mol. The molecule has 1 aromatic carbocycles. The van der Waals surface area contributed by atoms with Crippen LogP contribution in [0.25, 0.3) is 5.69 Å². The number of aromatic nitrogens is 3. The molecule has 3 rings (SSSR count). The Bertz CT molecular complexity index is 830. The maximum Gasteiger partial charge on any atom is 0.265 e. The first-order chi connectivity index (χ1) is 11.6. The van der Waals surface area contributed by atoms with Gasteiger partial charge in [-0.15, -0.1) is 5.10 Å². The van der Waals surface area contributed by atoms with E-state index in [4.69, 9.17) is 4.74 Å². The number of anilines is 1. The van der Waals surface area contributed by atoms with Crippen LogP contribution in [-0.2, 0) is 4.79 Å². The molecule has 0 saturated carbocycles. The van der Waals surface area contributed by atoms with Gasteiger partial charge >= 0.3 is 0 Å².